The van der Waals surface area contributed by atoms with E-state index in [1.165, 1.54) is 6.07 Å². The van der Waals surface area contributed by atoms with Gasteiger partial charge in [0.2, 0.25) is 0 Å². The van der Waals surface area contributed by atoms with Crippen LogP contribution in [0.5, 0.6) is 0 Å². The van der Waals surface area contributed by atoms with Gasteiger partial charge in [-0.2, -0.15) is 5.26 Å². The van der Waals surface area contributed by atoms with E-state index in [1.807, 2.05) is 26.8 Å². The van der Waals surface area contributed by atoms with Crippen molar-refractivity contribution in [3.8, 4) is 6.07 Å². The van der Waals surface area contributed by atoms with Gasteiger partial charge in [-0.25, -0.2) is 0 Å². The second kappa shape index (κ2) is 4.19. The molecule has 0 spiro atoms. The minimum absolute atomic E-state index is 0.0750. The smallest absolute Gasteiger partial charge is 0.293 e. The van der Waals surface area contributed by atoms with Crippen molar-refractivity contribution in [2.75, 3.05) is 5.32 Å². The molecule has 0 heterocycles. The van der Waals surface area contributed by atoms with Crippen molar-refractivity contribution in [1.29, 1.82) is 5.26 Å². The minimum Gasteiger partial charge on any atom is -0.375 e. The maximum atomic E-state index is 10.8. The zero-order valence-electron chi connectivity index (χ0n) is 9.44. The Bertz CT molecular complexity index is 455. The normalized spacial score (nSPS) is 10.6. The lowest BCUT2D eigenvalue weighted by atomic mass is 10.1. The van der Waals surface area contributed by atoms with Gasteiger partial charge in [0.25, 0.3) is 5.69 Å². The van der Waals surface area contributed by atoms with E-state index in [4.69, 9.17) is 5.26 Å². The van der Waals surface area contributed by atoms with E-state index in [0.717, 1.165) is 0 Å². The van der Waals surface area contributed by atoms with E-state index in [1.54, 1.807) is 12.1 Å². The lowest BCUT2D eigenvalue weighted by Gasteiger charge is -2.21. The Morgan fingerprint density at radius 3 is 2.50 bits per heavy atom. The van der Waals surface area contributed by atoms with Crippen LogP contribution in [0, 0.1) is 21.4 Å². The molecule has 0 aliphatic rings. The molecule has 0 fully saturated rings. The average Bonchev–Trinajstić information content (AvgIpc) is 2.15. The number of nitro benzene ring substituents is 1. The molecule has 5 heteroatoms. The first-order valence-electron chi connectivity index (χ1n) is 4.80. The molecule has 0 atom stereocenters. The van der Waals surface area contributed by atoms with Gasteiger partial charge in [-0.15, -0.1) is 0 Å². The zero-order chi connectivity index (χ0) is 12.3. The van der Waals surface area contributed by atoms with Crippen LogP contribution >= 0.6 is 0 Å². The molecule has 0 aromatic heterocycles. The summed E-state index contributed by atoms with van der Waals surface area (Å²) in [6.45, 7) is 5.73. The number of benzene rings is 1. The SMILES string of the molecule is CC(C)(C)Nc1ccc(C#N)cc1[N+](=O)[O-]. The topological polar surface area (TPSA) is 79.0 Å². The standard InChI is InChI=1S/C11H13N3O2/c1-11(2,3)13-9-5-4-8(7-12)6-10(9)14(15)16/h4-6,13H,1-3H3. The van der Waals surface area contributed by atoms with Crippen LogP contribution in [0.4, 0.5) is 11.4 Å². The van der Waals surface area contributed by atoms with E-state index in [2.05, 4.69) is 5.32 Å². The van der Waals surface area contributed by atoms with Gasteiger partial charge < -0.3 is 5.32 Å². The first-order chi connectivity index (χ1) is 7.33. The van der Waals surface area contributed by atoms with Gasteiger partial charge in [0.15, 0.2) is 0 Å². The summed E-state index contributed by atoms with van der Waals surface area (Å²) in [6, 6.07) is 6.27. The van der Waals surface area contributed by atoms with Crippen LogP contribution in [0.3, 0.4) is 0 Å². The third kappa shape index (κ3) is 2.95. The second-order valence-corrected chi connectivity index (χ2v) is 4.48. The summed E-state index contributed by atoms with van der Waals surface area (Å²) in [5.41, 5.74) is 0.371. The molecule has 0 saturated carbocycles. The molecule has 5 nitrogen and oxygen atoms in total. The highest BCUT2D eigenvalue weighted by Crippen LogP contribution is 2.27. The number of nitriles is 1. The molecule has 0 aliphatic heterocycles. The molecular formula is C11H13N3O2. The zero-order valence-corrected chi connectivity index (χ0v) is 9.44. The molecule has 16 heavy (non-hydrogen) atoms. The molecule has 0 saturated heterocycles. The highest BCUT2D eigenvalue weighted by atomic mass is 16.6. The fourth-order valence-corrected chi connectivity index (χ4v) is 1.26. The maximum Gasteiger partial charge on any atom is 0.293 e. The molecule has 0 aliphatic carbocycles. The second-order valence-electron chi connectivity index (χ2n) is 4.48. The van der Waals surface area contributed by atoms with Crippen LogP contribution in [0.2, 0.25) is 0 Å². The molecule has 0 bridgehead atoms. The Labute approximate surface area is 93.9 Å². The molecule has 0 amide bonds. The molecular weight excluding hydrogens is 206 g/mol. The van der Waals surface area contributed by atoms with Crippen LogP contribution in [-0.4, -0.2) is 10.5 Å². The summed E-state index contributed by atoms with van der Waals surface area (Å²) in [5.74, 6) is 0. The Morgan fingerprint density at radius 2 is 2.06 bits per heavy atom. The van der Waals surface area contributed by atoms with Gasteiger partial charge in [-0.3, -0.25) is 10.1 Å². The van der Waals surface area contributed by atoms with Gasteiger partial charge in [0, 0.05) is 11.6 Å². The van der Waals surface area contributed by atoms with Crippen molar-refractivity contribution < 1.29 is 4.92 Å². The minimum atomic E-state index is -0.491. The van der Waals surface area contributed by atoms with Crippen molar-refractivity contribution in [3.63, 3.8) is 0 Å². The summed E-state index contributed by atoms with van der Waals surface area (Å²) < 4.78 is 0. The van der Waals surface area contributed by atoms with Crippen LogP contribution in [0.25, 0.3) is 0 Å². The first-order valence-corrected chi connectivity index (χ1v) is 4.80. The Hall–Kier alpha value is -2.09. The van der Waals surface area contributed by atoms with E-state index < -0.39 is 4.92 Å². The molecule has 0 radical (unpaired) electrons. The van der Waals surface area contributed by atoms with Gasteiger partial charge >= 0.3 is 0 Å². The van der Waals surface area contributed by atoms with Gasteiger partial charge in [0.05, 0.1) is 16.6 Å². The summed E-state index contributed by atoms with van der Waals surface area (Å²) in [4.78, 5) is 10.3. The van der Waals surface area contributed by atoms with E-state index >= 15 is 0 Å². The monoisotopic (exact) mass is 219 g/mol. The van der Waals surface area contributed by atoms with Crippen molar-refractivity contribution in [3.05, 3.63) is 33.9 Å². The Morgan fingerprint density at radius 1 is 1.44 bits per heavy atom. The molecule has 1 aromatic carbocycles. The van der Waals surface area contributed by atoms with E-state index in [9.17, 15) is 10.1 Å². The summed E-state index contributed by atoms with van der Waals surface area (Å²) in [5, 5.41) is 22.5. The lowest BCUT2D eigenvalue weighted by molar-refractivity contribution is -0.384. The van der Waals surface area contributed by atoms with Crippen LogP contribution in [0.1, 0.15) is 26.3 Å². The molecule has 84 valence electrons. The number of anilines is 1. The van der Waals surface area contributed by atoms with Crippen molar-refractivity contribution >= 4 is 11.4 Å². The number of nitro groups is 1. The fraction of sp³-hybridized carbons (Fsp3) is 0.364. The van der Waals surface area contributed by atoms with Gasteiger partial charge in [0.1, 0.15) is 5.69 Å². The van der Waals surface area contributed by atoms with Crippen molar-refractivity contribution in [2.24, 2.45) is 0 Å². The van der Waals surface area contributed by atoms with Gasteiger partial charge in [-0.05, 0) is 32.9 Å². The number of nitrogens with zero attached hydrogens (tertiary/aromatic N) is 2. The summed E-state index contributed by atoms with van der Waals surface area (Å²) in [7, 11) is 0. The molecule has 0 unspecified atom stereocenters. The average molecular weight is 219 g/mol. The largest absolute Gasteiger partial charge is 0.375 e. The quantitative estimate of drug-likeness (QED) is 0.612. The van der Waals surface area contributed by atoms with Crippen LogP contribution < -0.4 is 5.32 Å². The van der Waals surface area contributed by atoms with Crippen LogP contribution in [0.15, 0.2) is 18.2 Å². The van der Waals surface area contributed by atoms with Gasteiger partial charge in [-0.1, -0.05) is 0 Å². The molecule has 1 rings (SSSR count). The van der Waals surface area contributed by atoms with E-state index in [-0.39, 0.29) is 16.8 Å². The predicted octanol–water partition coefficient (Wildman–Crippen LogP) is 2.68. The molecule has 1 aromatic rings. The van der Waals surface area contributed by atoms with Crippen molar-refractivity contribution in [2.45, 2.75) is 26.3 Å². The highest BCUT2D eigenvalue weighted by Gasteiger charge is 2.19. The molecule has 1 N–H and O–H groups in total. The van der Waals surface area contributed by atoms with E-state index in [0.29, 0.717) is 5.69 Å². The third-order valence-electron chi connectivity index (χ3n) is 1.83. The Balaban J connectivity index is 3.20. The number of rotatable bonds is 2. The number of hydrogen-bond acceptors (Lipinski definition) is 4. The Kier molecular flexibility index (Phi) is 3.14. The number of hydrogen-bond donors (Lipinski definition) is 1. The van der Waals surface area contributed by atoms with Crippen LogP contribution in [-0.2, 0) is 0 Å². The first kappa shape index (κ1) is 12.0. The number of nitrogens with one attached hydrogen (secondary N) is 1. The highest BCUT2D eigenvalue weighted by molar-refractivity contribution is 5.64. The summed E-state index contributed by atoms with van der Waals surface area (Å²) in [6.07, 6.45) is 0. The fourth-order valence-electron chi connectivity index (χ4n) is 1.26. The predicted molar refractivity (Wildman–Crippen MR) is 61.2 cm³/mol. The summed E-state index contributed by atoms with van der Waals surface area (Å²) >= 11 is 0. The van der Waals surface area contributed by atoms with Crippen molar-refractivity contribution in [1.82, 2.24) is 0 Å². The maximum absolute atomic E-state index is 10.8. The third-order valence-corrected chi connectivity index (χ3v) is 1.83. The lowest BCUT2D eigenvalue weighted by Crippen LogP contribution is -2.26.